The molecular formula is C57H90N2O22. The number of morpholine rings is 1. The maximum absolute atomic E-state index is 14.4. The second-order valence-electron chi connectivity index (χ2n) is 22.2. The number of carbonyl (C=O) groups excluding carboxylic acids is 2. The Morgan fingerprint density at radius 2 is 1.26 bits per heavy atom. The van der Waals surface area contributed by atoms with Crippen molar-refractivity contribution in [3.63, 3.8) is 0 Å². The summed E-state index contributed by atoms with van der Waals surface area (Å²) in [7, 11) is 0. The molecule has 24 heteroatoms. The van der Waals surface area contributed by atoms with Gasteiger partial charge in [0.15, 0.2) is 12.1 Å². The molecular weight excluding hydrogens is 1060 g/mol. The summed E-state index contributed by atoms with van der Waals surface area (Å²) >= 11 is 0. The van der Waals surface area contributed by atoms with E-state index in [0.717, 1.165) is 0 Å². The molecule has 0 aliphatic carbocycles. The fourth-order valence-electron chi connectivity index (χ4n) is 10.5. The fraction of sp³-hybridized carbons (Fsp3) is 0.719. The van der Waals surface area contributed by atoms with E-state index >= 15 is 0 Å². The Labute approximate surface area is 473 Å². The van der Waals surface area contributed by atoms with Crippen LogP contribution < -0.4 is 5.32 Å². The number of carbonyl (C=O) groups is 2. The van der Waals surface area contributed by atoms with Gasteiger partial charge < -0.3 is 110 Å². The second-order valence-corrected chi connectivity index (χ2v) is 22.2. The number of rotatable bonds is 6. The maximum atomic E-state index is 14.4. The summed E-state index contributed by atoms with van der Waals surface area (Å²) in [6.07, 6.45) is -2.91. The Kier molecular flexibility index (Phi) is 27.4. The van der Waals surface area contributed by atoms with E-state index < -0.39 is 184 Å². The minimum atomic E-state index is -2.46. The van der Waals surface area contributed by atoms with Crippen molar-refractivity contribution in [1.82, 2.24) is 10.2 Å². The van der Waals surface area contributed by atoms with E-state index in [1.165, 1.54) is 17.9 Å². The van der Waals surface area contributed by atoms with Crippen molar-refractivity contribution < 1.29 is 110 Å². The topological polar surface area (TPSA) is 388 Å². The van der Waals surface area contributed by atoms with E-state index in [-0.39, 0.29) is 57.9 Å². The maximum Gasteiger partial charge on any atom is 0.308 e. The van der Waals surface area contributed by atoms with Crippen LogP contribution in [0, 0.1) is 17.8 Å². The highest BCUT2D eigenvalue weighted by Crippen LogP contribution is 2.39. The van der Waals surface area contributed by atoms with Crippen LogP contribution in [-0.4, -0.2) is 249 Å². The van der Waals surface area contributed by atoms with Crippen LogP contribution >= 0.6 is 0 Å². The standard InChI is InChI=1S/C57H90N2O22/c1-33-17-15-13-11-9-7-5-6-8-10-12-14-16-18-40(80-55-52(71)48(50(69)36(4)79-55)58-32-57(75)53(72)51(70)44(66)31-77-57)28-45-47(54(73)59-21-23-76-24-22-59)43(65)30-56(74,81-45)29-39(62)26-42(64)41(63)20-19-37(60)25-38(61)27-46(67)78-35(3)34(2)49(33)68/h5-18,33-45,47-53,55,58,60-66,68-72,74-75H,19-32H2,1-4H3/t33-,34?,35-,36+,37+,38+,39-,40-,41+,42+,43-,44+,45?,47?,48-,49+,50+,51+,52-,53-,55?,56+,57+/m0/s1. The third-order valence-electron chi connectivity index (χ3n) is 15.6. The second kappa shape index (κ2) is 32.6. The summed E-state index contributed by atoms with van der Waals surface area (Å²) in [5, 5.41) is 157. The summed E-state index contributed by atoms with van der Waals surface area (Å²) < 4.78 is 34.9. The molecule has 0 aromatic heterocycles. The lowest BCUT2D eigenvalue weighted by molar-refractivity contribution is -0.323. The lowest BCUT2D eigenvalue weighted by atomic mass is 9.81. The van der Waals surface area contributed by atoms with E-state index in [1.807, 2.05) is 13.0 Å². The third-order valence-corrected chi connectivity index (χ3v) is 15.6. The van der Waals surface area contributed by atoms with E-state index in [1.54, 1.807) is 86.8 Å². The minimum Gasteiger partial charge on any atom is -0.462 e. The Bertz CT molecular complexity index is 2140. The monoisotopic (exact) mass is 1150 g/mol. The van der Waals surface area contributed by atoms with Gasteiger partial charge in [-0.15, -0.1) is 0 Å². The summed E-state index contributed by atoms with van der Waals surface area (Å²) in [6.45, 7) is 6.27. The molecule has 0 aromatic carbocycles. The molecule has 4 saturated heterocycles. The molecule has 23 atom stereocenters. The zero-order chi connectivity index (χ0) is 59.6. The zero-order valence-corrected chi connectivity index (χ0v) is 46.6. The average molecular weight is 1160 g/mol. The molecule has 0 aromatic rings. The van der Waals surface area contributed by atoms with Gasteiger partial charge >= 0.3 is 5.97 Å². The smallest absolute Gasteiger partial charge is 0.308 e. The van der Waals surface area contributed by atoms with Crippen LogP contribution in [0.4, 0.5) is 0 Å². The number of amides is 1. The summed E-state index contributed by atoms with van der Waals surface area (Å²) in [6, 6.07) is -1.34. The number of nitrogens with one attached hydrogen (secondary N) is 1. The van der Waals surface area contributed by atoms with Crippen molar-refractivity contribution in [2.24, 2.45) is 17.8 Å². The van der Waals surface area contributed by atoms with Gasteiger partial charge in [-0.1, -0.05) is 98.9 Å². The Morgan fingerprint density at radius 3 is 1.89 bits per heavy atom. The molecule has 15 N–H and O–H groups in total. The number of aliphatic hydroxyl groups is 14. The van der Waals surface area contributed by atoms with Gasteiger partial charge in [0.2, 0.25) is 11.7 Å². The predicted molar refractivity (Wildman–Crippen MR) is 289 cm³/mol. The highest BCUT2D eigenvalue weighted by atomic mass is 16.7. The number of cyclic esters (lactones) is 1. The van der Waals surface area contributed by atoms with Crippen LogP contribution in [-0.2, 0) is 38.0 Å². The van der Waals surface area contributed by atoms with Crippen molar-refractivity contribution >= 4 is 11.9 Å². The van der Waals surface area contributed by atoms with Gasteiger partial charge in [-0.3, -0.25) is 9.59 Å². The van der Waals surface area contributed by atoms with Crippen molar-refractivity contribution in [2.45, 2.75) is 201 Å². The van der Waals surface area contributed by atoms with Crippen LogP contribution in [0.1, 0.15) is 79.1 Å². The number of ether oxygens (including phenoxy) is 6. The van der Waals surface area contributed by atoms with Gasteiger partial charge in [-0.2, -0.15) is 0 Å². The van der Waals surface area contributed by atoms with Crippen LogP contribution in [0.25, 0.3) is 0 Å². The molecule has 5 aliphatic heterocycles. The SMILES string of the molecule is CC1[C@H](C)OC(=O)C[C@H](O)C[C@H](O)CC[C@@H](O)[C@H](O)C[C@H](O)C[C@]2(O)C[C@H](O)C(C(=O)N3CCOCC3)C(C[C@@H](OC3O[C@H](C)[C@@H](O)[C@H](NC[C@@]4(O)OC[C@@H](O)[C@@H](O)[C@@H]4O)[C@@H]3O)C=CC=CC=CC=CC=CC=CC=C[C@H](C)[C@H]1O)O2. The van der Waals surface area contributed by atoms with Crippen molar-refractivity contribution in [3.8, 4) is 0 Å². The number of allylic oxidation sites excluding steroid dienone is 12. The molecule has 5 heterocycles. The quantitative estimate of drug-likeness (QED) is 0.127. The number of hydrogen-bond donors (Lipinski definition) is 15. The lowest BCUT2D eigenvalue weighted by Gasteiger charge is -2.47. The molecule has 4 unspecified atom stereocenters. The molecule has 0 spiro atoms. The number of aliphatic hydroxyl groups excluding tert-OH is 12. The minimum absolute atomic E-state index is 0.129. The highest BCUT2D eigenvalue weighted by Gasteiger charge is 2.53. The fourth-order valence-corrected chi connectivity index (χ4v) is 10.5. The van der Waals surface area contributed by atoms with E-state index in [4.69, 9.17) is 28.4 Å². The Hall–Kier alpha value is -3.68. The molecule has 2 bridgehead atoms. The molecule has 5 aliphatic rings. The normalized spacial score (nSPS) is 43.0. The number of fused-ring (bicyclic) bond motifs is 2. The number of esters is 1. The van der Waals surface area contributed by atoms with Crippen molar-refractivity contribution in [1.29, 1.82) is 0 Å². The van der Waals surface area contributed by atoms with Crippen LogP contribution in [0.5, 0.6) is 0 Å². The lowest BCUT2D eigenvalue weighted by Crippen LogP contribution is -2.69. The zero-order valence-electron chi connectivity index (χ0n) is 46.6. The summed E-state index contributed by atoms with van der Waals surface area (Å²) in [4.78, 5) is 28.6. The molecule has 460 valence electrons. The molecule has 4 fully saturated rings. The highest BCUT2D eigenvalue weighted by molar-refractivity contribution is 5.80. The molecule has 0 radical (unpaired) electrons. The summed E-state index contributed by atoms with van der Waals surface area (Å²) in [5.74, 6) is -8.22. The first kappa shape index (κ1) is 68.1. The van der Waals surface area contributed by atoms with E-state index in [0.29, 0.717) is 0 Å². The van der Waals surface area contributed by atoms with Gasteiger partial charge in [0.05, 0.1) is 112 Å². The molecule has 81 heavy (non-hydrogen) atoms. The van der Waals surface area contributed by atoms with Crippen molar-refractivity contribution in [3.05, 3.63) is 85.1 Å². The average Bonchev–Trinajstić information content (AvgIpc) is 3.52. The van der Waals surface area contributed by atoms with Gasteiger partial charge in [0.1, 0.15) is 30.5 Å². The van der Waals surface area contributed by atoms with Gasteiger partial charge in [0.25, 0.3) is 0 Å². The van der Waals surface area contributed by atoms with Crippen molar-refractivity contribution in [2.75, 3.05) is 39.5 Å². The number of hydrogen-bond acceptors (Lipinski definition) is 23. The van der Waals surface area contributed by atoms with E-state index in [9.17, 15) is 81.1 Å². The molecule has 1 amide bonds. The van der Waals surface area contributed by atoms with Crippen LogP contribution in [0.2, 0.25) is 0 Å². The Balaban J connectivity index is 1.42. The Morgan fingerprint density at radius 1 is 0.654 bits per heavy atom. The number of nitrogens with zero attached hydrogens (tertiary/aromatic N) is 1. The summed E-state index contributed by atoms with van der Waals surface area (Å²) in [5.41, 5.74) is 0. The van der Waals surface area contributed by atoms with Gasteiger partial charge in [-0.25, -0.2) is 0 Å². The van der Waals surface area contributed by atoms with Gasteiger partial charge in [-0.05, 0) is 33.1 Å². The van der Waals surface area contributed by atoms with Crippen LogP contribution in [0.15, 0.2) is 85.1 Å². The van der Waals surface area contributed by atoms with E-state index in [2.05, 4.69) is 5.32 Å². The third kappa shape index (κ3) is 20.5. The molecule has 24 nitrogen and oxygen atoms in total. The first-order valence-corrected chi connectivity index (χ1v) is 28.0. The van der Waals surface area contributed by atoms with Gasteiger partial charge in [0, 0.05) is 50.6 Å². The molecule has 5 rings (SSSR count). The first-order valence-electron chi connectivity index (χ1n) is 28.0. The van der Waals surface area contributed by atoms with Crippen LogP contribution in [0.3, 0.4) is 0 Å². The molecule has 0 saturated carbocycles. The predicted octanol–water partition coefficient (Wildman–Crippen LogP) is -2.08. The largest absolute Gasteiger partial charge is 0.462 e. The first-order chi connectivity index (χ1) is 38.3.